The van der Waals surface area contributed by atoms with E-state index < -0.39 is 0 Å². The zero-order valence-corrected chi connectivity index (χ0v) is 16.5. The minimum Gasteiger partial charge on any atom is -0.497 e. The van der Waals surface area contributed by atoms with Crippen LogP contribution >= 0.6 is 11.3 Å². The number of anilines is 1. The largest absolute Gasteiger partial charge is 0.497 e. The Labute approximate surface area is 162 Å². The number of hydrogen-bond acceptors (Lipinski definition) is 7. The van der Waals surface area contributed by atoms with Gasteiger partial charge in [0.25, 0.3) is 0 Å². The zero-order chi connectivity index (χ0) is 19.2. The second kappa shape index (κ2) is 8.55. The van der Waals surface area contributed by atoms with Crippen molar-refractivity contribution in [3.63, 3.8) is 0 Å². The van der Waals surface area contributed by atoms with Gasteiger partial charge in [0, 0.05) is 10.4 Å². The van der Waals surface area contributed by atoms with Crippen LogP contribution in [0.15, 0.2) is 47.6 Å². The molecule has 6 nitrogen and oxygen atoms in total. The van der Waals surface area contributed by atoms with Crippen LogP contribution in [0, 0.1) is 6.92 Å². The first kappa shape index (κ1) is 18.7. The summed E-state index contributed by atoms with van der Waals surface area (Å²) in [5, 5.41) is 5.01. The molecule has 0 aliphatic carbocycles. The Hall–Kier alpha value is -3.06. The van der Waals surface area contributed by atoms with E-state index in [1.165, 1.54) is 0 Å². The van der Waals surface area contributed by atoms with Crippen molar-refractivity contribution in [2.24, 2.45) is 5.10 Å². The number of methoxy groups -OCH3 is 3. The molecule has 0 saturated carbocycles. The van der Waals surface area contributed by atoms with E-state index in [9.17, 15) is 0 Å². The lowest BCUT2D eigenvalue weighted by Crippen LogP contribution is -1.94. The third kappa shape index (κ3) is 4.38. The lowest BCUT2D eigenvalue weighted by molar-refractivity contribution is 0.355. The summed E-state index contributed by atoms with van der Waals surface area (Å²) in [6, 6.07) is 13.5. The number of hydrogen-bond donors (Lipinski definition) is 1. The number of ether oxygens (including phenoxy) is 3. The van der Waals surface area contributed by atoms with Gasteiger partial charge in [0.1, 0.15) is 5.75 Å². The Bertz CT molecular complexity index is 936. The van der Waals surface area contributed by atoms with Gasteiger partial charge in [0.15, 0.2) is 11.5 Å². The third-order valence-electron chi connectivity index (χ3n) is 3.94. The maximum Gasteiger partial charge on any atom is 0.204 e. The number of benzene rings is 2. The van der Waals surface area contributed by atoms with Crippen molar-refractivity contribution in [3.05, 3.63) is 52.9 Å². The summed E-state index contributed by atoms with van der Waals surface area (Å²) in [5.74, 6) is 2.17. The van der Waals surface area contributed by atoms with Crippen LogP contribution in [0.1, 0.15) is 10.4 Å². The average molecular weight is 383 g/mol. The maximum absolute atomic E-state index is 5.30. The standard InChI is InChI=1S/C20H21N3O3S/c1-13-19(15-6-8-16(24-2)9-7-15)22-20(27-13)23-21-12-14-5-10-17(25-3)18(11-14)26-4/h5-12H,1-4H3,(H,22,23). The smallest absolute Gasteiger partial charge is 0.204 e. The molecule has 3 aromatic rings. The summed E-state index contributed by atoms with van der Waals surface area (Å²) in [7, 11) is 4.87. The summed E-state index contributed by atoms with van der Waals surface area (Å²) in [6.07, 6.45) is 1.71. The topological polar surface area (TPSA) is 65.0 Å². The van der Waals surface area contributed by atoms with Crippen molar-refractivity contribution >= 4 is 22.7 Å². The highest BCUT2D eigenvalue weighted by atomic mass is 32.1. The van der Waals surface area contributed by atoms with Crippen molar-refractivity contribution < 1.29 is 14.2 Å². The number of rotatable bonds is 7. The molecule has 0 atom stereocenters. The number of aromatic nitrogens is 1. The number of aryl methyl sites for hydroxylation is 1. The minimum atomic E-state index is 0.660. The van der Waals surface area contributed by atoms with Crippen LogP contribution in [0.25, 0.3) is 11.3 Å². The molecule has 0 fully saturated rings. The molecule has 27 heavy (non-hydrogen) atoms. The van der Waals surface area contributed by atoms with Gasteiger partial charge in [0.2, 0.25) is 5.13 Å². The number of thiazole rings is 1. The van der Waals surface area contributed by atoms with E-state index in [-0.39, 0.29) is 0 Å². The van der Waals surface area contributed by atoms with Gasteiger partial charge in [-0.1, -0.05) is 0 Å². The SMILES string of the molecule is COc1ccc(-c2nc(NN=Cc3ccc(OC)c(OC)c3)sc2C)cc1. The van der Waals surface area contributed by atoms with E-state index in [2.05, 4.69) is 15.5 Å². The predicted octanol–water partition coefficient (Wildman–Crippen LogP) is 4.59. The molecule has 0 aliphatic heterocycles. The second-order valence-electron chi connectivity index (χ2n) is 5.64. The van der Waals surface area contributed by atoms with Gasteiger partial charge < -0.3 is 14.2 Å². The van der Waals surface area contributed by atoms with E-state index in [0.717, 1.165) is 32.6 Å². The van der Waals surface area contributed by atoms with Crippen molar-refractivity contribution in [2.75, 3.05) is 26.8 Å². The van der Waals surface area contributed by atoms with Gasteiger partial charge in [-0.05, 0) is 55.0 Å². The minimum absolute atomic E-state index is 0.660. The molecule has 1 N–H and O–H groups in total. The van der Waals surface area contributed by atoms with Crippen LogP contribution < -0.4 is 19.6 Å². The van der Waals surface area contributed by atoms with Gasteiger partial charge in [-0.2, -0.15) is 5.10 Å². The highest BCUT2D eigenvalue weighted by molar-refractivity contribution is 7.15. The lowest BCUT2D eigenvalue weighted by atomic mass is 10.1. The van der Waals surface area contributed by atoms with Crippen molar-refractivity contribution in [1.29, 1.82) is 0 Å². The van der Waals surface area contributed by atoms with Crippen LogP contribution in [-0.2, 0) is 0 Å². The first-order valence-corrected chi connectivity index (χ1v) is 9.09. The molecule has 0 aliphatic rings. The molecule has 2 aromatic carbocycles. The van der Waals surface area contributed by atoms with Gasteiger partial charge >= 0.3 is 0 Å². The molecule has 1 heterocycles. The Kier molecular flexibility index (Phi) is 5.93. The fourth-order valence-electron chi connectivity index (χ4n) is 2.56. The Balaban J connectivity index is 1.72. The van der Waals surface area contributed by atoms with Crippen molar-refractivity contribution in [3.8, 4) is 28.5 Å². The molecule has 0 bridgehead atoms. The van der Waals surface area contributed by atoms with E-state index in [1.807, 2.05) is 49.4 Å². The summed E-state index contributed by atoms with van der Waals surface area (Å²) in [4.78, 5) is 5.75. The van der Waals surface area contributed by atoms with Gasteiger partial charge in [0.05, 0.1) is 33.2 Å². The molecule has 140 valence electrons. The van der Waals surface area contributed by atoms with Crippen LogP contribution in [-0.4, -0.2) is 32.5 Å². The Morgan fingerprint density at radius 3 is 2.37 bits per heavy atom. The number of nitrogens with one attached hydrogen (secondary N) is 1. The van der Waals surface area contributed by atoms with Crippen LogP contribution in [0.5, 0.6) is 17.2 Å². The quantitative estimate of drug-likeness (QED) is 0.477. The monoisotopic (exact) mass is 383 g/mol. The van der Waals surface area contributed by atoms with Crippen LogP contribution in [0.2, 0.25) is 0 Å². The number of hydrazone groups is 1. The lowest BCUT2D eigenvalue weighted by Gasteiger charge is -2.07. The summed E-state index contributed by atoms with van der Waals surface area (Å²) >= 11 is 1.56. The Morgan fingerprint density at radius 1 is 0.963 bits per heavy atom. The summed E-state index contributed by atoms with van der Waals surface area (Å²) < 4.78 is 15.7. The molecule has 0 saturated heterocycles. The zero-order valence-electron chi connectivity index (χ0n) is 15.6. The van der Waals surface area contributed by atoms with E-state index >= 15 is 0 Å². The molecule has 3 rings (SSSR count). The van der Waals surface area contributed by atoms with Gasteiger partial charge in [-0.25, -0.2) is 4.98 Å². The highest BCUT2D eigenvalue weighted by Crippen LogP contribution is 2.31. The van der Waals surface area contributed by atoms with Crippen LogP contribution in [0.4, 0.5) is 5.13 Å². The normalized spacial score (nSPS) is 10.8. The molecule has 0 amide bonds. The predicted molar refractivity (Wildman–Crippen MR) is 110 cm³/mol. The highest BCUT2D eigenvalue weighted by Gasteiger charge is 2.09. The van der Waals surface area contributed by atoms with Crippen LogP contribution in [0.3, 0.4) is 0 Å². The Morgan fingerprint density at radius 2 is 1.70 bits per heavy atom. The molecule has 7 heteroatoms. The van der Waals surface area contributed by atoms with Crippen molar-refractivity contribution in [1.82, 2.24) is 4.98 Å². The number of nitrogens with zero attached hydrogens (tertiary/aromatic N) is 2. The summed E-state index contributed by atoms with van der Waals surface area (Å²) in [6.45, 7) is 2.04. The molecular weight excluding hydrogens is 362 g/mol. The van der Waals surface area contributed by atoms with E-state index in [4.69, 9.17) is 14.2 Å². The molecule has 0 radical (unpaired) electrons. The van der Waals surface area contributed by atoms with Gasteiger partial charge in [-0.3, -0.25) is 5.43 Å². The molecular formula is C20H21N3O3S. The summed E-state index contributed by atoms with van der Waals surface area (Å²) in [5.41, 5.74) is 5.86. The second-order valence-corrected chi connectivity index (χ2v) is 6.84. The van der Waals surface area contributed by atoms with Crippen molar-refractivity contribution in [2.45, 2.75) is 6.92 Å². The molecule has 1 aromatic heterocycles. The molecule has 0 spiro atoms. The van der Waals surface area contributed by atoms with Gasteiger partial charge in [-0.15, -0.1) is 11.3 Å². The fraction of sp³-hybridized carbons (Fsp3) is 0.200. The maximum atomic E-state index is 5.30. The first-order valence-electron chi connectivity index (χ1n) is 8.27. The van der Waals surface area contributed by atoms with E-state index in [0.29, 0.717) is 11.5 Å². The first-order chi connectivity index (χ1) is 13.1. The fourth-order valence-corrected chi connectivity index (χ4v) is 3.34. The third-order valence-corrected chi connectivity index (χ3v) is 4.82. The molecule has 0 unspecified atom stereocenters. The average Bonchev–Trinajstić information content (AvgIpc) is 3.08. The van der Waals surface area contributed by atoms with E-state index in [1.54, 1.807) is 38.9 Å².